The number of aromatic amines is 1. The van der Waals surface area contributed by atoms with Crippen molar-refractivity contribution in [3.05, 3.63) is 52.1 Å². The lowest BCUT2D eigenvalue weighted by Crippen LogP contribution is -2.39. The Hall–Kier alpha value is -3.42. The van der Waals surface area contributed by atoms with Gasteiger partial charge in [0.2, 0.25) is 0 Å². The van der Waals surface area contributed by atoms with E-state index >= 15 is 0 Å². The molecule has 162 valence electrons. The minimum atomic E-state index is -0.780. The van der Waals surface area contributed by atoms with Gasteiger partial charge in [-0.1, -0.05) is 0 Å². The molecule has 1 aliphatic heterocycles. The first-order valence-corrected chi connectivity index (χ1v) is 10.3. The van der Waals surface area contributed by atoms with E-state index in [0.717, 1.165) is 0 Å². The van der Waals surface area contributed by atoms with Crippen molar-refractivity contribution in [1.82, 2.24) is 10.3 Å². The number of fused-ring (bicyclic) bond motifs is 1. The molecule has 0 radical (unpaired) electrons. The number of rotatable bonds is 4. The molecule has 0 saturated heterocycles. The molecule has 2 heterocycles. The molecule has 0 unspecified atom stereocenters. The standard InChI is InChI=1S/C23H24FN3O4/c1-11-19(10-17-16-9-14(24)5-8-18(16)27-21(17)28)25-12(2)20(11)22(29)26-15-6-3-13(4-7-15)23(30)31/h5,8-10,13,15,25H,3-4,6-7H2,1-2H3,(H,26,29)(H,27,28)(H,30,31)/b17-10-. The highest BCUT2D eigenvalue weighted by Gasteiger charge is 2.29. The summed E-state index contributed by atoms with van der Waals surface area (Å²) in [5.41, 5.74) is 3.84. The Morgan fingerprint density at radius 2 is 1.90 bits per heavy atom. The third-order valence-electron chi connectivity index (χ3n) is 6.17. The van der Waals surface area contributed by atoms with Crippen LogP contribution in [0.25, 0.3) is 11.6 Å². The topological polar surface area (TPSA) is 111 Å². The van der Waals surface area contributed by atoms with Gasteiger partial charge in [-0.2, -0.15) is 0 Å². The maximum absolute atomic E-state index is 13.7. The van der Waals surface area contributed by atoms with Gasteiger partial charge in [0.1, 0.15) is 5.82 Å². The van der Waals surface area contributed by atoms with Crippen LogP contribution in [0.3, 0.4) is 0 Å². The summed E-state index contributed by atoms with van der Waals surface area (Å²) in [6.45, 7) is 3.58. The molecule has 4 rings (SSSR count). The van der Waals surface area contributed by atoms with Crippen molar-refractivity contribution in [3.8, 4) is 0 Å². The summed E-state index contributed by atoms with van der Waals surface area (Å²) in [4.78, 5) is 39.6. The lowest BCUT2D eigenvalue weighted by molar-refractivity contribution is -0.142. The van der Waals surface area contributed by atoms with E-state index in [4.69, 9.17) is 5.11 Å². The molecule has 2 aromatic rings. The Kier molecular flexibility index (Phi) is 5.39. The van der Waals surface area contributed by atoms with E-state index in [0.29, 0.717) is 65.0 Å². The molecule has 2 aliphatic rings. The number of hydrogen-bond acceptors (Lipinski definition) is 3. The van der Waals surface area contributed by atoms with Gasteiger partial charge in [0.05, 0.1) is 17.1 Å². The van der Waals surface area contributed by atoms with Crippen LogP contribution in [0.2, 0.25) is 0 Å². The fraction of sp³-hybridized carbons (Fsp3) is 0.348. The van der Waals surface area contributed by atoms with Gasteiger partial charge in [-0.05, 0) is 69.4 Å². The van der Waals surface area contributed by atoms with Crippen molar-refractivity contribution in [2.45, 2.75) is 45.6 Å². The molecule has 31 heavy (non-hydrogen) atoms. The van der Waals surface area contributed by atoms with Gasteiger partial charge in [0.25, 0.3) is 11.8 Å². The molecular weight excluding hydrogens is 401 g/mol. The Labute approximate surface area is 178 Å². The summed E-state index contributed by atoms with van der Waals surface area (Å²) >= 11 is 0. The zero-order valence-corrected chi connectivity index (χ0v) is 17.3. The van der Waals surface area contributed by atoms with Crippen LogP contribution in [0.5, 0.6) is 0 Å². The first kappa shape index (κ1) is 20.8. The fourth-order valence-corrected chi connectivity index (χ4v) is 4.45. The van der Waals surface area contributed by atoms with E-state index in [1.807, 2.05) is 0 Å². The van der Waals surface area contributed by atoms with Crippen LogP contribution in [0, 0.1) is 25.6 Å². The summed E-state index contributed by atoms with van der Waals surface area (Å²) in [5, 5.41) is 14.9. The van der Waals surface area contributed by atoms with Crippen LogP contribution >= 0.6 is 0 Å². The summed E-state index contributed by atoms with van der Waals surface area (Å²) in [6, 6.07) is 4.06. The van der Waals surface area contributed by atoms with Crippen LogP contribution < -0.4 is 10.6 Å². The molecule has 1 aromatic carbocycles. The van der Waals surface area contributed by atoms with E-state index in [-0.39, 0.29) is 23.8 Å². The second-order valence-corrected chi connectivity index (χ2v) is 8.23. The highest BCUT2D eigenvalue weighted by atomic mass is 19.1. The zero-order chi connectivity index (χ0) is 22.3. The first-order chi connectivity index (χ1) is 14.7. The normalized spacial score (nSPS) is 21.6. The number of benzene rings is 1. The second kappa shape index (κ2) is 8.02. The number of carbonyl (C=O) groups is 3. The lowest BCUT2D eigenvalue weighted by Gasteiger charge is -2.26. The number of carboxylic acids is 1. The highest BCUT2D eigenvalue weighted by molar-refractivity contribution is 6.34. The number of amides is 2. The summed E-state index contributed by atoms with van der Waals surface area (Å²) in [6.07, 6.45) is 3.99. The number of carboxylic acid groups (broad SMARTS) is 1. The number of H-pyrrole nitrogens is 1. The number of hydrogen-bond donors (Lipinski definition) is 4. The molecule has 1 aliphatic carbocycles. The molecule has 1 saturated carbocycles. The first-order valence-electron chi connectivity index (χ1n) is 10.3. The van der Waals surface area contributed by atoms with Crippen LogP contribution in [-0.2, 0) is 9.59 Å². The largest absolute Gasteiger partial charge is 0.481 e. The Balaban J connectivity index is 1.55. The van der Waals surface area contributed by atoms with Gasteiger partial charge >= 0.3 is 5.97 Å². The molecule has 1 aromatic heterocycles. The van der Waals surface area contributed by atoms with Crippen molar-refractivity contribution < 1.29 is 23.9 Å². The van der Waals surface area contributed by atoms with Crippen LogP contribution in [0.1, 0.15) is 58.6 Å². The molecular formula is C23H24FN3O4. The average molecular weight is 425 g/mol. The minimum absolute atomic E-state index is 0.0610. The SMILES string of the molecule is Cc1[nH]c(/C=C2\C(=O)Nc3ccc(F)cc32)c(C)c1C(=O)NC1CCC(C(=O)O)CC1. The number of carbonyl (C=O) groups excluding carboxylic acids is 2. The van der Waals surface area contributed by atoms with Gasteiger partial charge in [0.15, 0.2) is 0 Å². The van der Waals surface area contributed by atoms with Gasteiger partial charge in [0, 0.05) is 28.7 Å². The lowest BCUT2D eigenvalue weighted by atomic mass is 9.86. The van der Waals surface area contributed by atoms with E-state index in [2.05, 4.69) is 15.6 Å². The van der Waals surface area contributed by atoms with Crippen molar-refractivity contribution >= 4 is 35.1 Å². The zero-order valence-electron chi connectivity index (χ0n) is 17.3. The number of aryl methyl sites for hydroxylation is 1. The number of nitrogens with one attached hydrogen (secondary N) is 3. The van der Waals surface area contributed by atoms with Crippen LogP contribution in [0.15, 0.2) is 18.2 Å². The van der Waals surface area contributed by atoms with Crippen molar-refractivity contribution in [3.63, 3.8) is 0 Å². The Bertz CT molecular complexity index is 1110. The number of anilines is 1. The predicted octanol–water partition coefficient (Wildman–Crippen LogP) is 3.64. The molecule has 0 atom stereocenters. The van der Waals surface area contributed by atoms with Crippen LogP contribution in [0.4, 0.5) is 10.1 Å². The third kappa shape index (κ3) is 3.97. The van der Waals surface area contributed by atoms with E-state index in [1.54, 1.807) is 19.9 Å². The van der Waals surface area contributed by atoms with E-state index in [9.17, 15) is 18.8 Å². The molecule has 7 nitrogen and oxygen atoms in total. The van der Waals surface area contributed by atoms with Gasteiger partial charge in [-0.25, -0.2) is 4.39 Å². The van der Waals surface area contributed by atoms with E-state index in [1.165, 1.54) is 18.2 Å². The molecule has 0 spiro atoms. The summed E-state index contributed by atoms with van der Waals surface area (Å²) in [7, 11) is 0. The van der Waals surface area contributed by atoms with Crippen molar-refractivity contribution in [2.24, 2.45) is 5.92 Å². The predicted molar refractivity (Wildman–Crippen MR) is 114 cm³/mol. The smallest absolute Gasteiger partial charge is 0.306 e. The van der Waals surface area contributed by atoms with Crippen LogP contribution in [-0.4, -0.2) is 33.9 Å². The van der Waals surface area contributed by atoms with Crippen molar-refractivity contribution in [2.75, 3.05) is 5.32 Å². The molecule has 1 fully saturated rings. The molecule has 0 bridgehead atoms. The van der Waals surface area contributed by atoms with Gasteiger partial charge in [-0.15, -0.1) is 0 Å². The minimum Gasteiger partial charge on any atom is -0.481 e. The third-order valence-corrected chi connectivity index (χ3v) is 6.17. The van der Waals surface area contributed by atoms with E-state index < -0.39 is 11.8 Å². The fourth-order valence-electron chi connectivity index (χ4n) is 4.45. The van der Waals surface area contributed by atoms with Gasteiger partial charge < -0.3 is 20.7 Å². The summed E-state index contributed by atoms with van der Waals surface area (Å²) < 4.78 is 13.7. The maximum Gasteiger partial charge on any atom is 0.306 e. The second-order valence-electron chi connectivity index (χ2n) is 8.23. The highest BCUT2D eigenvalue weighted by Crippen LogP contribution is 2.34. The molecule has 8 heteroatoms. The Morgan fingerprint density at radius 3 is 2.58 bits per heavy atom. The quantitative estimate of drug-likeness (QED) is 0.561. The average Bonchev–Trinajstić information content (AvgIpc) is 3.17. The number of aliphatic carboxylic acids is 1. The Morgan fingerprint density at radius 1 is 1.19 bits per heavy atom. The molecule has 4 N–H and O–H groups in total. The van der Waals surface area contributed by atoms with Gasteiger partial charge in [-0.3, -0.25) is 14.4 Å². The molecule has 2 amide bonds. The number of halogens is 1. The monoisotopic (exact) mass is 425 g/mol. The summed E-state index contributed by atoms with van der Waals surface area (Å²) in [5.74, 6) is -2.10. The van der Waals surface area contributed by atoms with Crippen molar-refractivity contribution in [1.29, 1.82) is 0 Å². The number of aromatic nitrogens is 1. The maximum atomic E-state index is 13.7.